The number of rotatable bonds is 6. The summed E-state index contributed by atoms with van der Waals surface area (Å²) < 4.78 is 18.6. The molecule has 0 fully saturated rings. The van der Waals surface area contributed by atoms with Crippen LogP contribution in [0.15, 0.2) is 59.1 Å². The highest BCUT2D eigenvalue weighted by Gasteiger charge is 2.24. The van der Waals surface area contributed by atoms with E-state index in [0.717, 1.165) is 11.1 Å². The number of amides is 1. The average Bonchev–Trinajstić information content (AvgIpc) is 3.11. The molecule has 0 saturated heterocycles. The maximum atomic E-state index is 13.4. The van der Waals surface area contributed by atoms with Crippen LogP contribution in [0.2, 0.25) is 0 Å². The molecule has 140 valence electrons. The van der Waals surface area contributed by atoms with Gasteiger partial charge in [0.05, 0.1) is 6.54 Å². The lowest BCUT2D eigenvalue weighted by Gasteiger charge is -2.25. The summed E-state index contributed by atoms with van der Waals surface area (Å²) in [6.45, 7) is 2.19. The Morgan fingerprint density at radius 3 is 2.67 bits per heavy atom. The van der Waals surface area contributed by atoms with Crippen molar-refractivity contribution in [2.45, 2.75) is 19.5 Å². The van der Waals surface area contributed by atoms with Crippen molar-refractivity contribution in [3.05, 3.63) is 77.3 Å². The number of likely N-dealkylation sites (N-methyl/N-ethyl adjacent to an activating group) is 1. The van der Waals surface area contributed by atoms with E-state index >= 15 is 0 Å². The molecule has 1 unspecified atom stereocenters. The van der Waals surface area contributed by atoms with Gasteiger partial charge in [-0.1, -0.05) is 41.6 Å². The summed E-state index contributed by atoms with van der Waals surface area (Å²) in [4.78, 5) is 14.6. The maximum absolute atomic E-state index is 13.4. The van der Waals surface area contributed by atoms with Crippen LogP contribution in [0.1, 0.15) is 22.9 Å². The number of aryl methyl sites for hydroxylation is 1. The minimum absolute atomic E-state index is 0.127. The van der Waals surface area contributed by atoms with E-state index in [4.69, 9.17) is 4.52 Å². The Kier molecular flexibility index (Phi) is 5.66. The molecule has 0 radical (unpaired) electrons. The number of nitrogens with zero attached hydrogens (tertiary/aromatic N) is 2. The highest BCUT2D eigenvalue weighted by molar-refractivity contribution is 5.83. The second-order valence-corrected chi connectivity index (χ2v) is 6.63. The third-order valence-electron chi connectivity index (χ3n) is 4.36. The van der Waals surface area contributed by atoms with Gasteiger partial charge in [0.15, 0.2) is 5.76 Å². The molecule has 0 bridgehead atoms. The summed E-state index contributed by atoms with van der Waals surface area (Å²) in [6, 6.07) is 15.2. The maximum Gasteiger partial charge on any atom is 0.242 e. The van der Waals surface area contributed by atoms with Gasteiger partial charge in [0.1, 0.15) is 17.6 Å². The third kappa shape index (κ3) is 4.41. The molecule has 0 aliphatic rings. The van der Waals surface area contributed by atoms with Crippen LogP contribution in [-0.4, -0.2) is 30.1 Å². The normalized spacial score (nSPS) is 12.2. The van der Waals surface area contributed by atoms with Crippen molar-refractivity contribution >= 4 is 5.91 Å². The van der Waals surface area contributed by atoms with Crippen LogP contribution in [0.25, 0.3) is 11.3 Å². The van der Waals surface area contributed by atoms with E-state index in [9.17, 15) is 9.18 Å². The molecule has 2 aromatic carbocycles. The SMILES string of the molecule is Cc1ccccc1C(C(=O)NCc1cc(-c2cccc(F)c2)no1)N(C)C. The van der Waals surface area contributed by atoms with Gasteiger partial charge in [0.2, 0.25) is 5.91 Å². The number of aromatic nitrogens is 1. The number of halogens is 1. The molecule has 3 aromatic rings. The van der Waals surface area contributed by atoms with Crippen molar-refractivity contribution in [2.75, 3.05) is 14.1 Å². The summed E-state index contributed by atoms with van der Waals surface area (Å²) >= 11 is 0. The van der Waals surface area contributed by atoms with Gasteiger partial charge in [-0.3, -0.25) is 9.69 Å². The molecule has 3 rings (SSSR count). The van der Waals surface area contributed by atoms with E-state index in [1.807, 2.05) is 50.2 Å². The lowest BCUT2D eigenvalue weighted by Crippen LogP contribution is -2.37. The number of hydrogen-bond acceptors (Lipinski definition) is 4. The van der Waals surface area contributed by atoms with Crippen molar-refractivity contribution in [2.24, 2.45) is 0 Å². The average molecular weight is 367 g/mol. The molecule has 1 aromatic heterocycles. The zero-order chi connectivity index (χ0) is 19.4. The lowest BCUT2D eigenvalue weighted by molar-refractivity contribution is -0.126. The number of hydrogen-bond donors (Lipinski definition) is 1. The Labute approximate surface area is 157 Å². The zero-order valence-electron chi connectivity index (χ0n) is 15.6. The van der Waals surface area contributed by atoms with Crippen molar-refractivity contribution in [1.82, 2.24) is 15.4 Å². The fourth-order valence-corrected chi connectivity index (χ4v) is 3.00. The first kappa shape index (κ1) is 18.8. The zero-order valence-corrected chi connectivity index (χ0v) is 15.6. The van der Waals surface area contributed by atoms with Crippen LogP contribution < -0.4 is 5.32 Å². The number of nitrogens with one attached hydrogen (secondary N) is 1. The Bertz CT molecular complexity index is 936. The number of benzene rings is 2. The van der Waals surface area contributed by atoms with Gasteiger partial charge in [0, 0.05) is 11.6 Å². The largest absolute Gasteiger partial charge is 0.359 e. The van der Waals surface area contributed by atoms with Crippen LogP contribution >= 0.6 is 0 Å². The molecule has 0 saturated carbocycles. The molecule has 1 N–H and O–H groups in total. The quantitative estimate of drug-likeness (QED) is 0.722. The van der Waals surface area contributed by atoms with E-state index in [1.165, 1.54) is 12.1 Å². The summed E-state index contributed by atoms with van der Waals surface area (Å²) in [5.74, 6) is 0.0420. The van der Waals surface area contributed by atoms with Crippen LogP contribution in [0.4, 0.5) is 4.39 Å². The first-order valence-electron chi connectivity index (χ1n) is 8.67. The van der Waals surface area contributed by atoms with E-state index in [-0.39, 0.29) is 18.3 Å². The molecule has 0 aliphatic carbocycles. The monoisotopic (exact) mass is 367 g/mol. The minimum atomic E-state index is -0.406. The summed E-state index contributed by atoms with van der Waals surface area (Å²) in [5.41, 5.74) is 3.17. The molecule has 0 spiro atoms. The van der Waals surface area contributed by atoms with Gasteiger partial charge < -0.3 is 9.84 Å². The summed E-state index contributed by atoms with van der Waals surface area (Å²) in [6.07, 6.45) is 0. The van der Waals surface area contributed by atoms with Crippen molar-refractivity contribution < 1.29 is 13.7 Å². The predicted octanol–water partition coefficient (Wildman–Crippen LogP) is 3.71. The Balaban J connectivity index is 1.70. The molecule has 6 heteroatoms. The van der Waals surface area contributed by atoms with Crippen LogP contribution in [0, 0.1) is 12.7 Å². The standard InChI is InChI=1S/C21H22FN3O2/c1-14-7-4-5-10-18(14)20(25(2)3)21(26)23-13-17-12-19(24-27-17)15-8-6-9-16(22)11-15/h4-12,20H,13H2,1-3H3,(H,23,26). The number of carbonyl (C=O) groups excluding carboxylic acids is 1. The van der Waals surface area contributed by atoms with Gasteiger partial charge in [0.25, 0.3) is 0 Å². The van der Waals surface area contributed by atoms with E-state index in [2.05, 4.69) is 10.5 Å². The molecular formula is C21H22FN3O2. The van der Waals surface area contributed by atoms with Crippen LogP contribution in [0.3, 0.4) is 0 Å². The minimum Gasteiger partial charge on any atom is -0.359 e. The Morgan fingerprint density at radius 2 is 1.96 bits per heavy atom. The molecule has 5 nitrogen and oxygen atoms in total. The first-order valence-corrected chi connectivity index (χ1v) is 8.67. The smallest absolute Gasteiger partial charge is 0.242 e. The van der Waals surface area contributed by atoms with E-state index in [1.54, 1.807) is 18.2 Å². The fourth-order valence-electron chi connectivity index (χ4n) is 3.00. The van der Waals surface area contributed by atoms with Crippen molar-refractivity contribution in [1.29, 1.82) is 0 Å². The lowest BCUT2D eigenvalue weighted by atomic mass is 10.00. The predicted molar refractivity (Wildman–Crippen MR) is 101 cm³/mol. The van der Waals surface area contributed by atoms with E-state index < -0.39 is 6.04 Å². The highest BCUT2D eigenvalue weighted by Crippen LogP contribution is 2.23. The molecule has 1 amide bonds. The summed E-state index contributed by atoms with van der Waals surface area (Å²) in [5, 5.41) is 6.85. The highest BCUT2D eigenvalue weighted by atomic mass is 19.1. The van der Waals surface area contributed by atoms with Gasteiger partial charge in [-0.2, -0.15) is 0 Å². The van der Waals surface area contributed by atoms with Gasteiger partial charge in [-0.05, 0) is 44.3 Å². The molecule has 27 heavy (non-hydrogen) atoms. The second kappa shape index (κ2) is 8.14. The molecule has 1 atom stereocenters. The Hall–Kier alpha value is -2.99. The van der Waals surface area contributed by atoms with Crippen LogP contribution in [0.5, 0.6) is 0 Å². The topological polar surface area (TPSA) is 58.4 Å². The van der Waals surface area contributed by atoms with Gasteiger partial charge in [-0.25, -0.2) is 4.39 Å². The van der Waals surface area contributed by atoms with E-state index in [0.29, 0.717) is 17.0 Å². The molecular weight excluding hydrogens is 345 g/mol. The van der Waals surface area contributed by atoms with Gasteiger partial charge >= 0.3 is 0 Å². The number of carbonyl (C=O) groups is 1. The van der Waals surface area contributed by atoms with Crippen molar-refractivity contribution in [3.63, 3.8) is 0 Å². The Morgan fingerprint density at radius 1 is 1.19 bits per heavy atom. The molecule has 0 aliphatic heterocycles. The van der Waals surface area contributed by atoms with Gasteiger partial charge in [-0.15, -0.1) is 0 Å². The van der Waals surface area contributed by atoms with Crippen LogP contribution in [-0.2, 0) is 11.3 Å². The second-order valence-electron chi connectivity index (χ2n) is 6.63. The first-order chi connectivity index (χ1) is 13.0. The fraction of sp³-hybridized carbons (Fsp3) is 0.238. The molecule has 1 heterocycles. The third-order valence-corrected chi connectivity index (χ3v) is 4.36. The summed E-state index contributed by atoms with van der Waals surface area (Å²) in [7, 11) is 3.74. The van der Waals surface area contributed by atoms with Crippen molar-refractivity contribution in [3.8, 4) is 11.3 Å².